The van der Waals surface area contributed by atoms with Crippen molar-refractivity contribution in [1.29, 1.82) is 0 Å². The molecule has 1 saturated carbocycles. The molecule has 1 aliphatic heterocycles. The lowest BCUT2D eigenvalue weighted by Crippen LogP contribution is -2.38. The molecule has 1 aromatic heterocycles. The lowest BCUT2D eigenvalue weighted by molar-refractivity contribution is -0.134. The van der Waals surface area contributed by atoms with Crippen LogP contribution in [0.4, 0.5) is 0 Å². The molecule has 7 nitrogen and oxygen atoms in total. The Morgan fingerprint density at radius 2 is 2.12 bits per heavy atom. The molecule has 0 unspecified atom stereocenters. The van der Waals surface area contributed by atoms with Crippen molar-refractivity contribution in [3.05, 3.63) is 47.2 Å². The average molecular weight is 355 g/mol. The summed E-state index contributed by atoms with van der Waals surface area (Å²) in [6, 6.07) is 6.64. The molecule has 136 valence electrons. The zero-order valence-electron chi connectivity index (χ0n) is 14.4. The maximum Gasteiger partial charge on any atom is 0.260 e. The van der Waals surface area contributed by atoms with E-state index in [1.54, 1.807) is 29.2 Å². The van der Waals surface area contributed by atoms with E-state index in [0.717, 1.165) is 30.2 Å². The van der Waals surface area contributed by atoms with Gasteiger partial charge < -0.3 is 19.8 Å². The molecule has 2 aromatic rings. The summed E-state index contributed by atoms with van der Waals surface area (Å²) >= 11 is 0. The van der Waals surface area contributed by atoms with Crippen LogP contribution in [0.1, 0.15) is 52.9 Å². The molecular weight excluding hydrogens is 334 g/mol. The van der Waals surface area contributed by atoms with Gasteiger partial charge in [-0.25, -0.2) is 4.98 Å². The molecule has 1 aliphatic carbocycles. The van der Waals surface area contributed by atoms with E-state index in [-0.39, 0.29) is 18.1 Å². The van der Waals surface area contributed by atoms with Gasteiger partial charge in [0.2, 0.25) is 0 Å². The summed E-state index contributed by atoms with van der Waals surface area (Å²) in [5.74, 6) is 1.75. The van der Waals surface area contributed by atoms with Gasteiger partial charge in [-0.15, -0.1) is 0 Å². The molecule has 0 spiro atoms. The zero-order chi connectivity index (χ0) is 18.1. The van der Waals surface area contributed by atoms with E-state index in [9.17, 15) is 9.59 Å². The topological polar surface area (TPSA) is 98.7 Å². The van der Waals surface area contributed by atoms with Crippen LogP contribution in [0.2, 0.25) is 0 Å². The number of primary amides is 1. The van der Waals surface area contributed by atoms with Gasteiger partial charge in [-0.3, -0.25) is 9.59 Å². The van der Waals surface area contributed by atoms with Crippen LogP contribution in [0.15, 0.2) is 28.7 Å². The van der Waals surface area contributed by atoms with Gasteiger partial charge in [0, 0.05) is 18.9 Å². The second kappa shape index (κ2) is 6.82. The quantitative estimate of drug-likeness (QED) is 0.884. The fourth-order valence-corrected chi connectivity index (χ4v) is 3.29. The SMILES string of the molecule is NC(=O)c1ccccc1OCC(=O)N1CCc2oc(C3CCC3)nc2C1. The van der Waals surface area contributed by atoms with Crippen LogP contribution >= 0.6 is 0 Å². The lowest BCUT2D eigenvalue weighted by Gasteiger charge is -2.25. The van der Waals surface area contributed by atoms with Crippen LogP contribution in [-0.4, -0.2) is 34.8 Å². The Hall–Kier alpha value is -2.83. The van der Waals surface area contributed by atoms with Crippen molar-refractivity contribution in [1.82, 2.24) is 9.88 Å². The Kier molecular flexibility index (Phi) is 4.36. The molecule has 0 saturated heterocycles. The Balaban J connectivity index is 1.39. The normalized spacial score (nSPS) is 16.7. The van der Waals surface area contributed by atoms with Crippen LogP contribution in [0.25, 0.3) is 0 Å². The first kappa shape index (κ1) is 16.6. The molecule has 26 heavy (non-hydrogen) atoms. The molecule has 4 rings (SSSR count). The second-order valence-corrected chi connectivity index (χ2v) is 6.76. The number of amides is 2. The van der Waals surface area contributed by atoms with E-state index in [1.165, 1.54) is 6.42 Å². The first-order valence-electron chi connectivity index (χ1n) is 8.89. The van der Waals surface area contributed by atoms with Gasteiger partial charge in [-0.1, -0.05) is 18.6 Å². The first-order chi connectivity index (χ1) is 12.6. The number of aromatic nitrogens is 1. The minimum atomic E-state index is -0.582. The maximum absolute atomic E-state index is 12.5. The van der Waals surface area contributed by atoms with Crippen molar-refractivity contribution >= 4 is 11.8 Å². The van der Waals surface area contributed by atoms with Gasteiger partial charge in [0.1, 0.15) is 17.2 Å². The van der Waals surface area contributed by atoms with Crippen LogP contribution in [0, 0.1) is 0 Å². The minimum Gasteiger partial charge on any atom is -0.483 e. The summed E-state index contributed by atoms with van der Waals surface area (Å²) in [5, 5.41) is 0. The molecule has 0 radical (unpaired) electrons. The van der Waals surface area contributed by atoms with E-state index in [1.807, 2.05) is 0 Å². The summed E-state index contributed by atoms with van der Waals surface area (Å²) in [6.45, 7) is 0.865. The van der Waals surface area contributed by atoms with E-state index in [2.05, 4.69) is 4.98 Å². The van der Waals surface area contributed by atoms with Crippen molar-refractivity contribution in [2.24, 2.45) is 5.73 Å². The Morgan fingerprint density at radius 3 is 2.85 bits per heavy atom. The van der Waals surface area contributed by atoms with Crippen molar-refractivity contribution in [3.63, 3.8) is 0 Å². The molecule has 0 atom stereocenters. The lowest BCUT2D eigenvalue weighted by atomic mass is 9.85. The number of nitrogens with zero attached hydrogens (tertiary/aromatic N) is 2. The molecule has 2 amide bonds. The first-order valence-corrected chi connectivity index (χ1v) is 8.89. The largest absolute Gasteiger partial charge is 0.483 e. The number of fused-ring (bicyclic) bond motifs is 1. The molecule has 1 fully saturated rings. The Bertz CT molecular complexity index is 841. The molecule has 0 bridgehead atoms. The zero-order valence-corrected chi connectivity index (χ0v) is 14.4. The fraction of sp³-hybridized carbons (Fsp3) is 0.421. The Labute approximate surface area is 151 Å². The third-order valence-corrected chi connectivity index (χ3v) is 5.05. The summed E-state index contributed by atoms with van der Waals surface area (Å²) in [7, 11) is 0. The highest BCUT2D eigenvalue weighted by molar-refractivity contribution is 5.95. The van der Waals surface area contributed by atoms with Crippen molar-refractivity contribution < 1.29 is 18.7 Å². The van der Waals surface area contributed by atoms with Crippen LogP contribution in [0.3, 0.4) is 0 Å². The van der Waals surface area contributed by atoms with Crippen LogP contribution in [0.5, 0.6) is 5.75 Å². The Morgan fingerprint density at radius 1 is 1.31 bits per heavy atom. The number of carbonyl (C=O) groups is 2. The summed E-state index contributed by atoms with van der Waals surface area (Å²) in [6.07, 6.45) is 4.16. The predicted molar refractivity (Wildman–Crippen MR) is 92.7 cm³/mol. The van der Waals surface area contributed by atoms with Gasteiger partial charge in [0.15, 0.2) is 12.5 Å². The van der Waals surface area contributed by atoms with E-state index in [4.69, 9.17) is 14.9 Å². The summed E-state index contributed by atoms with van der Waals surface area (Å²) in [4.78, 5) is 30.2. The number of hydrogen-bond acceptors (Lipinski definition) is 5. The number of nitrogens with two attached hydrogens (primary N) is 1. The van der Waals surface area contributed by atoms with E-state index < -0.39 is 5.91 Å². The molecule has 2 heterocycles. The summed E-state index contributed by atoms with van der Waals surface area (Å²) in [5.41, 5.74) is 6.44. The number of carbonyl (C=O) groups excluding carboxylic acids is 2. The van der Waals surface area contributed by atoms with Gasteiger partial charge >= 0.3 is 0 Å². The van der Waals surface area contributed by atoms with Crippen LogP contribution in [-0.2, 0) is 17.8 Å². The fourth-order valence-electron chi connectivity index (χ4n) is 3.29. The number of oxazole rings is 1. The van der Waals surface area contributed by atoms with Crippen molar-refractivity contribution in [3.8, 4) is 5.75 Å². The highest BCUT2D eigenvalue weighted by atomic mass is 16.5. The number of hydrogen-bond donors (Lipinski definition) is 1. The smallest absolute Gasteiger partial charge is 0.260 e. The predicted octanol–water partition coefficient (Wildman–Crippen LogP) is 2.00. The number of ether oxygens (including phenoxy) is 1. The van der Waals surface area contributed by atoms with Gasteiger partial charge in [0.05, 0.1) is 12.1 Å². The monoisotopic (exact) mass is 355 g/mol. The third kappa shape index (κ3) is 3.16. The molecule has 2 N–H and O–H groups in total. The molecule has 2 aliphatic rings. The summed E-state index contributed by atoms with van der Waals surface area (Å²) < 4.78 is 11.4. The van der Waals surface area contributed by atoms with Crippen molar-refractivity contribution in [2.75, 3.05) is 13.2 Å². The number of benzene rings is 1. The maximum atomic E-state index is 12.5. The highest BCUT2D eigenvalue weighted by Gasteiger charge is 2.30. The molecular formula is C19H21N3O4. The number of rotatable bonds is 5. The van der Waals surface area contributed by atoms with Gasteiger partial charge in [-0.2, -0.15) is 0 Å². The van der Waals surface area contributed by atoms with Crippen molar-refractivity contribution in [2.45, 2.75) is 38.1 Å². The van der Waals surface area contributed by atoms with E-state index >= 15 is 0 Å². The molecule has 7 heteroatoms. The standard InChI is InChI=1S/C19H21N3O4/c20-18(24)13-6-1-2-7-15(13)25-11-17(23)22-9-8-16-14(10-22)21-19(26-16)12-4-3-5-12/h1-2,6-7,12H,3-5,8-11H2,(H2,20,24). The van der Waals surface area contributed by atoms with Crippen LogP contribution < -0.4 is 10.5 Å². The highest BCUT2D eigenvalue weighted by Crippen LogP contribution is 2.37. The average Bonchev–Trinajstić information content (AvgIpc) is 3.00. The second-order valence-electron chi connectivity index (χ2n) is 6.76. The van der Waals surface area contributed by atoms with Gasteiger partial charge in [-0.05, 0) is 25.0 Å². The minimum absolute atomic E-state index is 0.146. The van der Waals surface area contributed by atoms with E-state index in [0.29, 0.717) is 31.2 Å². The molecule has 1 aromatic carbocycles. The van der Waals surface area contributed by atoms with Gasteiger partial charge in [0.25, 0.3) is 11.8 Å². The third-order valence-electron chi connectivity index (χ3n) is 5.05. The number of para-hydroxylation sites is 1.